The van der Waals surface area contributed by atoms with Gasteiger partial charge in [-0.25, -0.2) is 9.59 Å². The lowest BCUT2D eigenvalue weighted by Crippen LogP contribution is -2.51. The van der Waals surface area contributed by atoms with Crippen molar-refractivity contribution in [2.45, 2.75) is 51.9 Å². The number of piperidine rings is 1. The standard InChI is InChI=1S/C18H27N3O4/c1-13(2)11-16(17(22)23)20-18(24)21-9-6-15(7-10-21)25-12-14-5-3-4-8-19-14/h3-5,8,13,15-16H,6-7,9-12H2,1-2H3,(H,20,24)(H,22,23)/t16-/m0/s1. The summed E-state index contributed by atoms with van der Waals surface area (Å²) in [6, 6.07) is 4.56. The second-order valence-corrected chi connectivity index (χ2v) is 6.79. The van der Waals surface area contributed by atoms with E-state index < -0.39 is 12.0 Å². The molecular weight excluding hydrogens is 322 g/mol. The van der Waals surface area contributed by atoms with Crippen molar-refractivity contribution in [2.24, 2.45) is 5.92 Å². The average molecular weight is 349 g/mol. The van der Waals surface area contributed by atoms with Gasteiger partial charge >= 0.3 is 12.0 Å². The Labute approximate surface area is 148 Å². The minimum atomic E-state index is -0.990. The monoisotopic (exact) mass is 349 g/mol. The molecule has 1 aromatic rings. The maximum Gasteiger partial charge on any atom is 0.326 e. The second-order valence-electron chi connectivity index (χ2n) is 6.79. The lowest BCUT2D eigenvalue weighted by atomic mass is 10.0. The summed E-state index contributed by atoms with van der Waals surface area (Å²) in [5.74, 6) is -0.789. The lowest BCUT2D eigenvalue weighted by Gasteiger charge is -2.32. The number of likely N-dealkylation sites (tertiary alicyclic amines) is 1. The predicted octanol–water partition coefficient (Wildman–Crippen LogP) is 2.27. The van der Waals surface area contributed by atoms with Crippen LogP contribution in [-0.4, -0.2) is 52.2 Å². The van der Waals surface area contributed by atoms with Crippen LogP contribution in [0.3, 0.4) is 0 Å². The fraction of sp³-hybridized carbons (Fsp3) is 0.611. The first-order valence-electron chi connectivity index (χ1n) is 8.75. The number of carbonyl (C=O) groups excluding carboxylic acids is 1. The van der Waals surface area contributed by atoms with E-state index in [1.165, 1.54) is 0 Å². The number of carboxylic acids is 1. The number of aliphatic carboxylic acids is 1. The Hall–Kier alpha value is -2.15. The Kier molecular flexibility index (Phi) is 7.18. The third-order valence-corrected chi connectivity index (χ3v) is 4.23. The van der Waals surface area contributed by atoms with Gasteiger partial charge in [-0.15, -0.1) is 0 Å². The van der Waals surface area contributed by atoms with Crippen molar-refractivity contribution in [2.75, 3.05) is 13.1 Å². The molecule has 1 saturated heterocycles. The highest BCUT2D eigenvalue weighted by atomic mass is 16.5. The van der Waals surface area contributed by atoms with Gasteiger partial charge in [0.2, 0.25) is 0 Å². The van der Waals surface area contributed by atoms with Crippen molar-refractivity contribution in [3.8, 4) is 0 Å². The molecule has 0 saturated carbocycles. The number of nitrogens with one attached hydrogen (secondary N) is 1. The molecule has 2 amide bonds. The molecule has 0 aromatic carbocycles. The molecule has 0 unspecified atom stereocenters. The topological polar surface area (TPSA) is 91.8 Å². The summed E-state index contributed by atoms with van der Waals surface area (Å²) in [5, 5.41) is 11.9. The van der Waals surface area contributed by atoms with Crippen LogP contribution < -0.4 is 5.32 Å². The minimum Gasteiger partial charge on any atom is -0.480 e. The molecule has 25 heavy (non-hydrogen) atoms. The number of pyridine rings is 1. The SMILES string of the molecule is CC(C)C[C@H](NC(=O)N1CCC(OCc2ccccn2)CC1)C(=O)O. The first-order chi connectivity index (χ1) is 12.0. The van der Waals surface area contributed by atoms with Crippen LogP contribution in [0.5, 0.6) is 0 Å². The Bertz CT molecular complexity index is 557. The van der Waals surface area contributed by atoms with Crippen LogP contribution in [0.25, 0.3) is 0 Å². The number of urea groups is 1. The lowest BCUT2D eigenvalue weighted by molar-refractivity contribution is -0.139. The van der Waals surface area contributed by atoms with Gasteiger partial charge in [0.25, 0.3) is 0 Å². The van der Waals surface area contributed by atoms with Crippen LogP contribution in [0.2, 0.25) is 0 Å². The Morgan fingerprint density at radius 2 is 2.08 bits per heavy atom. The Morgan fingerprint density at radius 1 is 1.36 bits per heavy atom. The number of hydrogen-bond acceptors (Lipinski definition) is 4. The summed E-state index contributed by atoms with van der Waals surface area (Å²) in [7, 11) is 0. The maximum absolute atomic E-state index is 12.3. The van der Waals surface area contributed by atoms with Crippen LogP contribution in [0.4, 0.5) is 4.79 Å². The molecule has 0 bridgehead atoms. The number of carboxylic acid groups (broad SMARTS) is 1. The van der Waals surface area contributed by atoms with E-state index >= 15 is 0 Å². The molecule has 1 fully saturated rings. The van der Waals surface area contributed by atoms with Gasteiger partial charge in [0.1, 0.15) is 6.04 Å². The van der Waals surface area contributed by atoms with E-state index in [0.717, 1.165) is 18.5 Å². The van der Waals surface area contributed by atoms with Gasteiger partial charge in [0, 0.05) is 19.3 Å². The van der Waals surface area contributed by atoms with E-state index in [0.29, 0.717) is 26.1 Å². The molecule has 7 nitrogen and oxygen atoms in total. The smallest absolute Gasteiger partial charge is 0.326 e. The van der Waals surface area contributed by atoms with Gasteiger partial charge in [-0.05, 0) is 37.3 Å². The number of hydrogen-bond donors (Lipinski definition) is 2. The van der Waals surface area contributed by atoms with Crippen molar-refractivity contribution < 1.29 is 19.4 Å². The normalized spacial score (nSPS) is 16.7. The van der Waals surface area contributed by atoms with Gasteiger partial charge < -0.3 is 20.1 Å². The van der Waals surface area contributed by atoms with Crippen LogP contribution in [0, 0.1) is 5.92 Å². The molecule has 1 aliphatic rings. The largest absolute Gasteiger partial charge is 0.480 e. The highest BCUT2D eigenvalue weighted by Gasteiger charge is 2.27. The van der Waals surface area contributed by atoms with Crippen molar-refractivity contribution in [1.29, 1.82) is 0 Å². The van der Waals surface area contributed by atoms with Gasteiger partial charge in [0.15, 0.2) is 0 Å². The second kappa shape index (κ2) is 9.36. The fourth-order valence-electron chi connectivity index (χ4n) is 2.85. The molecule has 7 heteroatoms. The van der Waals surface area contributed by atoms with E-state index in [4.69, 9.17) is 4.74 Å². The highest BCUT2D eigenvalue weighted by molar-refractivity contribution is 5.82. The number of carbonyl (C=O) groups is 2. The Morgan fingerprint density at radius 3 is 2.64 bits per heavy atom. The van der Waals surface area contributed by atoms with E-state index in [1.54, 1.807) is 11.1 Å². The third-order valence-electron chi connectivity index (χ3n) is 4.23. The van der Waals surface area contributed by atoms with Crippen LogP contribution >= 0.6 is 0 Å². The van der Waals surface area contributed by atoms with Crippen molar-refractivity contribution in [3.05, 3.63) is 30.1 Å². The van der Waals surface area contributed by atoms with E-state index in [1.807, 2.05) is 32.0 Å². The van der Waals surface area contributed by atoms with Gasteiger partial charge in [-0.3, -0.25) is 4.98 Å². The summed E-state index contributed by atoms with van der Waals surface area (Å²) in [5.41, 5.74) is 0.889. The summed E-state index contributed by atoms with van der Waals surface area (Å²) in [6.07, 6.45) is 3.73. The zero-order chi connectivity index (χ0) is 18.2. The summed E-state index contributed by atoms with van der Waals surface area (Å²) < 4.78 is 5.85. The zero-order valence-corrected chi connectivity index (χ0v) is 14.9. The molecule has 2 heterocycles. The summed E-state index contributed by atoms with van der Waals surface area (Å²) >= 11 is 0. The molecule has 0 radical (unpaired) electrons. The minimum absolute atomic E-state index is 0.0944. The third kappa shape index (κ3) is 6.34. The number of amides is 2. The number of aromatic nitrogens is 1. The molecule has 0 spiro atoms. The number of ether oxygens (including phenoxy) is 1. The van der Waals surface area contributed by atoms with Gasteiger partial charge in [-0.2, -0.15) is 0 Å². The molecule has 1 aliphatic heterocycles. The fourth-order valence-corrected chi connectivity index (χ4v) is 2.85. The Balaban J connectivity index is 1.75. The predicted molar refractivity (Wildman–Crippen MR) is 93.0 cm³/mol. The summed E-state index contributed by atoms with van der Waals surface area (Å²) in [6.45, 7) is 5.46. The van der Waals surface area contributed by atoms with Gasteiger partial charge in [-0.1, -0.05) is 19.9 Å². The molecule has 1 atom stereocenters. The van der Waals surface area contributed by atoms with E-state index in [-0.39, 0.29) is 18.1 Å². The van der Waals surface area contributed by atoms with Crippen LogP contribution in [0.1, 0.15) is 38.8 Å². The number of nitrogens with zero attached hydrogens (tertiary/aromatic N) is 2. The highest BCUT2D eigenvalue weighted by Crippen LogP contribution is 2.16. The average Bonchev–Trinajstić information content (AvgIpc) is 2.60. The molecule has 138 valence electrons. The van der Waals surface area contributed by atoms with Crippen molar-refractivity contribution >= 4 is 12.0 Å². The quantitative estimate of drug-likeness (QED) is 0.788. The molecule has 0 aliphatic carbocycles. The summed E-state index contributed by atoms with van der Waals surface area (Å²) in [4.78, 5) is 29.4. The zero-order valence-electron chi connectivity index (χ0n) is 14.9. The van der Waals surface area contributed by atoms with Crippen LogP contribution in [-0.2, 0) is 16.1 Å². The first kappa shape index (κ1) is 19.2. The molecular formula is C18H27N3O4. The molecule has 1 aromatic heterocycles. The maximum atomic E-state index is 12.3. The molecule has 2 N–H and O–H groups in total. The van der Waals surface area contributed by atoms with Crippen molar-refractivity contribution in [3.63, 3.8) is 0 Å². The van der Waals surface area contributed by atoms with Crippen molar-refractivity contribution in [1.82, 2.24) is 15.2 Å². The van der Waals surface area contributed by atoms with E-state index in [9.17, 15) is 14.7 Å². The van der Waals surface area contributed by atoms with Crippen LogP contribution in [0.15, 0.2) is 24.4 Å². The molecule has 2 rings (SSSR count). The first-order valence-corrected chi connectivity index (χ1v) is 8.75. The van der Waals surface area contributed by atoms with Gasteiger partial charge in [0.05, 0.1) is 18.4 Å². The van der Waals surface area contributed by atoms with E-state index in [2.05, 4.69) is 10.3 Å². The number of rotatable bonds is 7.